The van der Waals surface area contributed by atoms with Crippen molar-refractivity contribution in [1.82, 2.24) is 14.5 Å². The van der Waals surface area contributed by atoms with Gasteiger partial charge in [-0.15, -0.1) is 11.8 Å². The maximum absolute atomic E-state index is 13.7. The van der Waals surface area contributed by atoms with Crippen LogP contribution in [-0.2, 0) is 11.3 Å². The molecule has 1 amide bonds. The molecule has 1 unspecified atom stereocenters. The van der Waals surface area contributed by atoms with Gasteiger partial charge in [-0.2, -0.15) is 4.98 Å². The molecule has 2 aliphatic heterocycles. The average molecular weight is 509 g/mol. The summed E-state index contributed by atoms with van der Waals surface area (Å²) in [6.07, 6.45) is 0.633. The van der Waals surface area contributed by atoms with Gasteiger partial charge >= 0.3 is 5.69 Å². The first kappa shape index (κ1) is 24.5. The molecule has 0 saturated carbocycles. The molecule has 1 saturated heterocycles. The highest BCUT2D eigenvalue weighted by atomic mass is 32.2. The summed E-state index contributed by atoms with van der Waals surface area (Å²) < 4.78 is 15.2. The van der Waals surface area contributed by atoms with Gasteiger partial charge in [-0.3, -0.25) is 9.36 Å². The Kier molecular flexibility index (Phi) is 6.38. The summed E-state index contributed by atoms with van der Waals surface area (Å²) in [6.45, 7) is 10.8. The minimum atomic E-state index is -0.703. The Morgan fingerprint density at radius 2 is 1.86 bits per heavy atom. The van der Waals surface area contributed by atoms with Crippen molar-refractivity contribution in [3.8, 4) is 11.1 Å². The van der Waals surface area contributed by atoms with Crippen molar-refractivity contribution in [3.63, 3.8) is 0 Å². The van der Waals surface area contributed by atoms with Crippen LogP contribution in [0.3, 0.4) is 0 Å². The third-order valence-corrected chi connectivity index (χ3v) is 8.23. The summed E-state index contributed by atoms with van der Waals surface area (Å²) in [6, 6.07) is 8.19. The first-order valence-electron chi connectivity index (χ1n) is 12.0. The van der Waals surface area contributed by atoms with Crippen LogP contribution in [0.25, 0.3) is 22.0 Å². The summed E-state index contributed by atoms with van der Waals surface area (Å²) in [7, 11) is 0. The van der Waals surface area contributed by atoms with Gasteiger partial charge in [-0.25, -0.2) is 9.18 Å². The molecule has 3 aromatic rings. The number of benzene rings is 2. The lowest BCUT2D eigenvalue weighted by Gasteiger charge is -2.44. The van der Waals surface area contributed by atoms with Gasteiger partial charge in [-0.05, 0) is 56.2 Å². The Morgan fingerprint density at radius 3 is 2.50 bits per heavy atom. The minimum absolute atomic E-state index is 0.0931. The third kappa shape index (κ3) is 4.10. The molecular weight excluding hydrogens is 479 g/mol. The number of carbonyl (C=O) groups is 1. The van der Waals surface area contributed by atoms with Crippen molar-refractivity contribution in [2.45, 2.75) is 50.4 Å². The summed E-state index contributed by atoms with van der Waals surface area (Å²) in [5, 5.41) is 11.4. The molecule has 1 fully saturated rings. The highest BCUT2D eigenvalue weighted by Gasteiger charge is 2.34. The molecule has 2 aliphatic rings. The van der Waals surface area contributed by atoms with Gasteiger partial charge in [0.05, 0.1) is 18.2 Å². The van der Waals surface area contributed by atoms with E-state index in [4.69, 9.17) is 0 Å². The lowest BCUT2D eigenvalue weighted by molar-refractivity contribution is -0.130. The van der Waals surface area contributed by atoms with Crippen LogP contribution >= 0.6 is 11.8 Å². The molecule has 9 heteroatoms. The highest BCUT2D eigenvalue weighted by Crippen LogP contribution is 2.43. The SMILES string of the molecule is C=CC(=O)N1[C@H](C)CN(c2nc(=O)n3c4c(c(-c5ccc(F)cc5)c(C)cc24)SCC(O)C3)C[C@@H]1C. The van der Waals surface area contributed by atoms with E-state index < -0.39 is 11.8 Å². The Bertz CT molecular complexity index is 1410. The van der Waals surface area contributed by atoms with E-state index in [9.17, 15) is 19.1 Å². The van der Waals surface area contributed by atoms with Gasteiger partial charge in [0.15, 0.2) is 0 Å². The molecular formula is C27H29FN4O3S. The van der Waals surface area contributed by atoms with Gasteiger partial charge in [0.1, 0.15) is 11.6 Å². The Labute approximate surface area is 213 Å². The Morgan fingerprint density at radius 1 is 1.19 bits per heavy atom. The number of halogens is 1. The van der Waals surface area contributed by atoms with Crippen LogP contribution in [0.4, 0.5) is 10.2 Å². The third-order valence-electron chi connectivity index (χ3n) is 6.99. The van der Waals surface area contributed by atoms with E-state index in [0.29, 0.717) is 24.7 Å². The van der Waals surface area contributed by atoms with Crippen LogP contribution in [0, 0.1) is 12.7 Å². The van der Waals surface area contributed by atoms with E-state index in [1.165, 1.54) is 30.0 Å². The second kappa shape index (κ2) is 9.37. The summed E-state index contributed by atoms with van der Waals surface area (Å²) in [4.78, 5) is 35.0. The van der Waals surface area contributed by atoms with E-state index in [1.807, 2.05) is 31.7 Å². The van der Waals surface area contributed by atoms with E-state index in [1.54, 1.807) is 16.7 Å². The smallest absolute Gasteiger partial charge is 0.350 e. The van der Waals surface area contributed by atoms with Gasteiger partial charge in [0, 0.05) is 46.8 Å². The second-order valence-electron chi connectivity index (χ2n) is 9.65. The number of nitrogens with zero attached hydrogens (tertiary/aromatic N) is 4. The van der Waals surface area contributed by atoms with Crippen LogP contribution in [0.2, 0.25) is 0 Å². The van der Waals surface area contributed by atoms with E-state index in [0.717, 1.165) is 32.5 Å². The molecule has 36 heavy (non-hydrogen) atoms. The van der Waals surface area contributed by atoms with Crippen molar-refractivity contribution in [2.24, 2.45) is 0 Å². The molecule has 0 radical (unpaired) electrons. The maximum atomic E-state index is 13.7. The van der Waals surface area contributed by atoms with E-state index in [2.05, 4.69) is 16.5 Å². The number of carbonyl (C=O) groups excluding carboxylic acids is 1. The van der Waals surface area contributed by atoms with E-state index in [-0.39, 0.29) is 30.4 Å². The zero-order valence-electron chi connectivity index (χ0n) is 20.6. The predicted octanol–water partition coefficient (Wildman–Crippen LogP) is 3.59. The van der Waals surface area contributed by atoms with Crippen LogP contribution in [0.5, 0.6) is 0 Å². The highest BCUT2D eigenvalue weighted by molar-refractivity contribution is 7.99. The normalized spacial score (nSPS) is 22.0. The summed E-state index contributed by atoms with van der Waals surface area (Å²) >= 11 is 1.51. The quantitative estimate of drug-likeness (QED) is 0.545. The number of hydrogen-bond acceptors (Lipinski definition) is 6. The Balaban J connectivity index is 1.73. The fourth-order valence-electron chi connectivity index (χ4n) is 5.53. The zero-order chi connectivity index (χ0) is 25.7. The van der Waals surface area contributed by atoms with Gasteiger partial charge in [-0.1, -0.05) is 18.7 Å². The number of aliphatic hydroxyl groups is 1. The molecule has 0 spiro atoms. The van der Waals surface area contributed by atoms with Gasteiger partial charge in [0.2, 0.25) is 5.91 Å². The second-order valence-corrected chi connectivity index (χ2v) is 10.7. The van der Waals surface area contributed by atoms with Crippen molar-refractivity contribution in [2.75, 3.05) is 23.7 Å². The molecule has 5 rings (SSSR count). The minimum Gasteiger partial charge on any atom is -0.390 e. The molecule has 0 aliphatic carbocycles. The predicted molar refractivity (Wildman–Crippen MR) is 141 cm³/mol. The first-order valence-corrected chi connectivity index (χ1v) is 13.0. The lowest BCUT2D eigenvalue weighted by Crippen LogP contribution is -2.58. The number of aromatic nitrogens is 2. The molecule has 2 aromatic carbocycles. The van der Waals surface area contributed by atoms with E-state index >= 15 is 0 Å². The fourth-order valence-corrected chi connectivity index (χ4v) is 6.77. The summed E-state index contributed by atoms with van der Waals surface area (Å²) in [5.74, 6) is 0.593. The molecule has 1 N–H and O–H groups in total. The standard InChI is InChI=1S/C27H29FN4O3S/c1-5-22(34)32-16(3)11-30(12-17(32)4)26-21-10-15(2)23(18-6-8-19(28)9-7-18)25-24(21)31(27(35)29-26)13-20(33)14-36-25/h5-10,16-17,20,33H,1,11-14H2,2-4H3/t16-,17+,20?. The van der Waals surface area contributed by atoms with Crippen molar-refractivity contribution < 1.29 is 14.3 Å². The van der Waals surface area contributed by atoms with Crippen molar-refractivity contribution in [1.29, 1.82) is 0 Å². The van der Waals surface area contributed by atoms with Gasteiger partial charge < -0.3 is 14.9 Å². The monoisotopic (exact) mass is 508 g/mol. The maximum Gasteiger partial charge on any atom is 0.350 e. The van der Waals surface area contributed by atoms with Gasteiger partial charge in [0.25, 0.3) is 0 Å². The topological polar surface area (TPSA) is 78.7 Å². The largest absolute Gasteiger partial charge is 0.390 e. The van der Waals surface area contributed by atoms with Crippen LogP contribution < -0.4 is 10.6 Å². The first-order chi connectivity index (χ1) is 17.2. The van der Waals surface area contributed by atoms with Crippen LogP contribution in [-0.4, -0.2) is 62.5 Å². The lowest BCUT2D eigenvalue weighted by atomic mass is 9.97. The van der Waals surface area contributed by atoms with Crippen LogP contribution in [0.15, 0.2) is 52.7 Å². The molecule has 7 nitrogen and oxygen atoms in total. The number of rotatable bonds is 3. The number of anilines is 1. The van der Waals surface area contributed by atoms with Crippen LogP contribution in [0.1, 0.15) is 19.4 Å². The molecule has 3 heterocycles. The molecule has 3 atom stereocenters. The zero-order valence-corrected chi connectivity index (χ0v) is 21.4. The summed E-state index contributed by atoms with van der Waals surface area (Å²) in [5.41, 5.74) is 3.07. The number of aryl methyl sites for hydroxylation is 1. The van der Waals surface area contributed by atoms with Crippen molar-refractivity contribution >= 4 is 34.4 Å². The average Bonchev–Trinajstić information content (AvgIpc) is 3.01. The number of hydrogen-bond donors (Lipinski definition) is 1. The number of piperazine rings is 1. The fraction of sp³-hybridized carbons (Fsp3) is 0.370. The number of thioether (sulfide) groups is 1. The Hall–Kier alpha value is -3.17. The van der Waals surface area contributed by atoms with Crippen molar-refractivity contribution in [3.05, 3.63) is 64.9 Å². The molecule has 1 aromatic heterocycles. The molecule has 0 bridgehead atoms. The number of amides is 1. The molecule has 188 valence electrons. The number of aliphatic hydroxyl groups excluding tert-OH is 1.